The highest BCUT2D eigenvalue weighted by molar-refractivity contribution is 7.11. The van der Waals surface area contributed by atoms with Crippen LogP contribution in [0.2, 0.25) is 0 Å². The zero-order valence-electron chi connectivity index (χ0n) is 17.7. The Bertz CT molecular complexity index is 1300. The first-order chi connectivity index (χ1) is 15.7. The van der Waals surface area contributed by atoms with Crippen LogP contribution in [0.1, 0.15) is 45.3 Å². The molecule has 0 saturated carbocycles. The topological polar surface area (TPSA) is 76.9 Å². The first kappa shape index (κ1) is 20.6. The lowest BCUT2D eigenvalue weighted by atomic mass is 10.0. The lowest BCUT2D eigenvalue weighted by Gasteiger charge is -2.11. The Morgan fingerprint density at radius 2 is 1.75 bits per heavy atom. The van der Waals surface area contributed by atoms with Gasteiger partial charge in [-0.15, -0.1) is 11.3 Å². The van der Waals surface area contributed by atoms with Crippen molar-refractivity contribution in [2.75, 3.05) is 6.54 Å². The van der Waals surface area contributed by atoms with E-state index in [1.807, 2.05) is 35.6 Å². The Morgan fingerprint density at radius 1 is 1.00 bits per heavy atom. The molecule has 1 N–H and O–H groups in total. The number of carbonyl (C=O) groups excluding carboxylic acids is 1. The summed E-state index contributed by atoms with van der Waals surface area (Å²) >= 11 is 1.82. The van der Waals surface area contributed by atoms with E-state index < -0.39 is 0 Å². The van der Waals surface area contributed by atoms with Gasteiger partial charge in [-0.3, -0.25) is 9.59 Å². The minimum Gasteiger partial charge on any atom is -0.351 e. The average Bonchev–Trinajstić information content (AvgIpc) is 3.26. The second-order valence-corrected chi connectivity index (χ2v) is 9.16. The zero-order valence-corrected chi connectivity index (χ0v) is 18.5. The molecule has 7 heteroatoms. The van der Waals surface area contributed by atoms with Gasteiger partial charge in [0.1, 0.15) is 0 Å². The van der Waals surface area contributed by atoms with E-state index in [9.17, 15) is 9.59 Å². The van der Waals surface area contributed by atoms with E-state index in [-0.39, 0.29) is 17.2 Å². The number of nitrogens with one attached hydrogen (secondary N) is 1. The van der Waals surface area contributed by atoms with E-state index in [1.54, 1.807) is 30.3 Å². The van der Waals surface area contributed by atoms with Crippen LogP contribution in [0.15, 0.2) is 59.4 Å². The first-order valence-corrected chi connectivity index (χ1v) is 11.9. The van der Waals surface area contributed by atoms with E-state index in [4.69, 9.17) is 4.98 Å². The molecule has 1 amide bonds. The number of nitrogens with zero attached hydrogens (tertiary/aromatic N) is 3. The predicted octanol–water partition coefficient (Wildman–Crippen LogP) is 4.08. The van der Waals surface area contributed by atoms with Crippen LogP contribution in [0.3, 0.4) is 0 Å². The molecule has 0 aliphatic heterocycles. The number of thiazole rings is 1. The van der Waals surface area contributed by atoms with Crippen molar-refractivity contribution >= 4 is 28.0 Å². The zero-order chi connectivity index (χ0) is 21.9. The fraction of sp³-hybridized carbons (Fsp3) is 0.280. The summed E-state index contributed by atoms with van der Waals surface area (Å²) in [6, 6.07) is 16.3. The molecule has 6 nitrogen and oxygen atoms in total. The first-order valence-electron chi connectivity index (χ1n) is 11.0. The third-order valence-corrected chi connectivity index (χ3v) is 6.98. The van der Waals surface area contributed by atoms with Gasteiger partial charge in [-0.1, -0.05) is 36.4 Å². The van der Waals surface area contributed by atoms with Crippen molar-refractivity contribution in [1.29, 1.82) is 0 Å². The molecule has 162 valence electrons. The van der Waals surface area contributed by atoms with Gasteiger partial charge in [0, 0.05) is 23.2 Å². The summed E-state index contributed by atoms with van der Waals surface area (Å²) in [5.41, 5.74) is 1.93. The summed E-state index contributed by atoms with van der Waals surface area (Å²) in [5.74, 6) is -0.274. The SMILES string of the molecule is O=C(NCCCc1nc2c(s1)CCCC2)c1nn(-c2ccccc2)c(=O)c2ccccc12. The summed E-state index contributed by atoms with van der Waals surface area (Å²) in [4.78, 5) is 32.2. The maximum absolute atomic E-state index is 13.0. The molecule has 2 aromatic carbocycles. The molecule has 0 unspecified atom stereocenters. The van der Waals surface area contributed by atoms with Gasteiger partial charge in [-0.2, -0.15) is 9.78 Å². The van der Waals surface area contributed by atoms with Gasteiger partial charge in [0.2, 0.25) is 0 Å². The van der Waals surface area contributed by atoms with Crippen LogP contribution in [-0.4, -0.2) is 27.2 Å². The Kier molecular flexibility index (Phi) is 5.81. The van der Waals surface area contributed by atoms with Gasteiger partial charge in [0.05, 0.1) is 21.8 Å². The quantitative estimate of drug-likeness (QED) is 0.455. The molecule has 1 aliphatic rings. The van der Waals surface area contributed by atoms with Crippen LogP contribution < -0.4 is 10.9 Å². The van der Waals surface area contributed by atoms with Crippen LogP contribution in [0.25, 0.3) is 16.5 Å². The third kappa shape index (κ3) is 4.08. The Hall–Kier alpha value is -3.32. The predicted molar refractivity (Wildman–Crippen MR) is 127 cm³/mol. The molecule has 0 spiro atoms. The summed E-state index contributed by atoms with van der Waals surface area (Å²) in [6.45, 7) is 0.531. The molecule has 0 radical (unpaired) electrons. The van der Waals surface area contributed by atoms with Gasteiger partial charge in [-0.25, -0.2) is 4.98 Å². The highest BCUT2D eigenvalue weighted by atomic mass is 32.1. The molecule has 1 aliphatic carbocycles. The monoisotopic (exact) mass is 444 g/mol. The van der Waals surface area contributed by atoms with Gasteiger partial charge >= 0.3 is 0 Å². The second kappa shape index (κ2) is 9.04. The Morgan fingerprint density at radius 3 is 2.56 bits per heavy atom. The smallest absolute Gasteiger partial charge is 0.279 e. The lowest BCUT2D eigenvalue weighted by molar-refractivity contribution is 0.0948. The fourth-order valence-corrected chi connectivity index (χ4v) is 5.34. The number of fused-ring (bicyclic) bond motifs is 2. The number of aryl methyl sites for hydroxylation is 3. The van der Waals surface area contributed by atoms with Crippen molar-refractivity contribution in [2.24, 2.45) is 0 Å². The standard InChI is InChI=1S/C25H24N4O2S/c30-24(26-16-8-15-22-27-20-13-6-7-14-21(20)32-22)23-18-11-4-5-12-19(18)25(31)29(28-23)17-9-2-1-3-10-17/h1-5,9-12H,6-8,13-16H2,(H,26,30). The molecule has 5 rings (SSSR count). The largest absolute Gasteiger partial charge is 0.351 e. The summed E-state index contributed by atoms with van der Waals surface area (Å²) in [5, 5.41) is 9.62. The molecular weight excluding hydrogens is 420 g/mol. The minimum absolute atomic E-state index is 0.240. The maximum atomic E-state index is 13.0. The lowest BCUT2D eigenvalue weighted by Crippen LogP contribution is -2.30. The number of hydrogen-bond acceptors (Lipinski definition) is 5. The summed E-state index contributed by atoms with van der Waals surface area (Å²) in [7, 11) is 0. The van der Waals surface area contributed by atoms with Crippen molar-refractivity contribution in [3.8, 4) is 5.69 Å². The number of para-hydroxylation sites is 1. The number of hydrogen-bond donors (Lipinski definition) is 1. The number of amides is 1. The number of aromatic nitrogens is 3. The Balaban J connectivity index is 1.33. The van der Waals surface area contributed by atoms with Crippen LogP contribution in [0, 0.1) is 0 Å². The average molecular weight is 445 g/mol. The van der Waals surface area contributed by atoms with Crippen molar-refractivity contribution < 1.29 is 4.79 Å². The Labute approximate surface area is 189 Å². The van der Waals surface area contributed by atoms with Gasteiger partial charge in [0.25, 0.3) is 11.5 Å². The third-order valence-electron chi connectivity index (χ3n) is 5.76. The number of rotatable bonds is 6. The molecule has 0 saturated heterocycles. The molecule has 0 fully saturated rings. The normalized spacial score (nSPS) is 13.1. The fourth-order valence-electron chi connectivity index (χ4n) is 4.14. The van der Waals surface area contributed by atoms with E-state index in [1.165, 1.54) is 28.1 Å². The van der Waals surface area contributed by atoms with Crippen molar-refractivity contribution in [3.63, 3.8) is 0 Å². The van der Waals surface area contributed by atoms with Crippen LogP contribution >= 0.6 is 11.3 Å². The second-order valence-electron chi connectivity index (χ2n) is 7.99. The van der Waals surface area contributed by atoms with Crippen molar-refractivity contribution in [2.45, 2.75) is 38.5 Å². The molecule has 2 aromatic heterocycles. The summed E-state index contributed by atoms with van der Waals surface area (Å²) < 4.78 is 1.30. The van der Waals surface area contributed by atoms with E-state index in [0.717, 1.165) is 30.7 Å². The molecule has 0 bridgehead atoms. The van der Waals surface area contributed by atoms with Gasteiger partial charge in [0.15, 0.2) is 5.69 Å². The molecule has 32 heavy (non-hydrogen) atoms. The molecule has 4 aromatic rings. The molecule has 2 heterocycles. The van der Waals surface area contributed by atoms with Crippen molar-refractivity contribution in [3.05, 3.63) is 86.2 Å². The highest BCUT2D eigenvalue weighted by Crippen LogP contribution is 2.27. The van der Waals surface area contributed by atoms with Crippen LogP contribution in [-0.2, 0) is 19.3 Å². The van der Waals surface area contributed by atoms with Gasteiger partial charge in [-0.05, 0) is 50.3 Å². The van der Waals surface area contributed by atoms with Gasteiger partial charge < -0.3 is 5.32 Å². The van der Waals surface area contributed by atoms with Crippen LogP contribution in [0.4, 0.5) is 0 Å². The van der Waals surface area contributed by atoms with Crippen LogP contribution in [0.5, 0.6) is 0 Å². The highest BCUT2D eigenvalue weighted by Gasteiger charge is 2.18. The summed E-state index contributed by atoms with van der Waals surface area (Å²) in [6.07, 6.45) is 6.41. The maximum Gasteiger partial charge on any atom is 0.279 e. The number of benzene rings is 2. The van der Waals surface area contributed by atoms with E-state index in [2.05, 4.69) is 10.4 Å². The van der Waals surface area contributed by atoms with E-state index in [0.29, 0.717) is 23.0 Å². The van der Waals surface area contributed by atoms with Crippen molar-refractivity contribution in [1.82, 2.24) is 20.1 Å². The number of carbonyl (C=O) groups is 1. The molecule has 0 atom stereocenters. The minimum atomic E-state index is -0.274. The molecular formula is C25H24N4O2S. The van der Waals surface area contributed by atoms with E-state index >= 15 is 0 Å².